The van der Waals surface area contributed by atoms with E-state index in [1.54, 1.807) is 11.8 Å². The Bertz CT molecular complexity index is 418. The minimum atomic E-state index is 0.200. The Labute approximate surface area is 94.2 Å². The van der Waals surface area contributed by atoms with Gasteiger partial charge in [-0.05, 0) is 31.9 Å². The van der Waals surface area contributed by atoms with Gasteiger partial charge in [-0.1, -0.05) is 0 Å². The molecule has 0 aromatic heterocycles. The van der Waals surface area contributed by atoms with Gasteiger partial charge in [0.15, 0.2) is 5.75 Å². The maximum Gasteiger partial charge on any atom is 0.158 e. The second-order valence-corrected chi connectivity index (χ2v) is 5.01. The molecule has 0 amide bonds. The summed E-state index contributed by atoms with van der Waals surface area (Å²) in [6, 6.07) is 0. The fourth-order valence-electron chi connectivity index (χ4n) is 1.69. The van der Waals surface area contributed by atoms with E-state index in [1.807, 2.05) is 20.8 Å². The monoisotopic (exact) mass is 224 g/mol. The van der Waals surface area contributed by atoms with E-state index in [2.05, 4.69) is 0 Å². The third kappa shape index (κ3) is 1.53. The zero-order valence-corrected chi connectivity index (χ0v) is 10.1. The van der Waals surface area contributed by atoms with Crippen LogP contribution in [0.2, 0.25) is 0 Å². The zero-order chi connectivity index (χ0) is 11.2. The van der Waals surface area contributed by atoms with E-state index in [0.717, 1.165) is 38.9 Å². The minimum absolute atomic E-state index is 0.200. The van der Waals surface area contributed by atoms with Crippen LogP contribution >= 0.6 is 11.8 Å². The van der Waals surface area contributed by atoms with Gasteiger partial charge in [0.05, 0.1) is 16.3 Å². The zero-order valence-electron chi connectivity index (χ0n) is 9.26. The predicted molar refractivity (Wildman–Crippen MR) is 65.6 cm³/mol. The summed E-state index contributed by atoms with van der Waals surface area (Å²) in [5, 5.41) is 0. The Morgan fingerprint density at radius 3 is 2.47 bits per heavy atom. The van der Waals surface area contributed by atoms with E-state index in [-0.39, 0.29) is 6.10 Å². The fourth-order valence-corrected chi connectivity index (χ4v) is 2.75. The van der Waals surface area contributed by atoms with Gasteiger partial charge in [0, 0.05) is 5.75 Å². The molecule has 0 bridgehead atoms. The van der Waals surface area contributed by atoms with Crippen LogP contribution in [0.4, 0.5) is 11.4 Å². The summed E-state index contributed by atoms with van der Waals surface area (Å²) in [7, 11) is 0. The van der Waals surface area contributed by atoms with Gasteiger partial charge in [0.1, 0.15) is 6.10 Å². The summed E-state index contributed by atoms with van der Waals surface area (Å²) >= 11 is 1.73. The largest absolute Gasteiger partial charge is 0.486 e. The fraction of sp³-hybridized carbons (Fsp3) is 0.455. The summed E-state index contributed by atoms with van der Waals surface area (Å²) in [5.74, 6) is 1.71. The molecule has 82 valence electrons. The lowest BCUT2D eigenvalue weighted by Crippen LogP contribution is -2.21. The average Bonchev–Trinajstić information content (AvgIpc) is 2.23. The molecule has 4 heteroatoms. The highest BCUT2D eigenvalue weighted by atomic mass is 32.2. The third-order valence-corrected chi connectivity index (χ3v) is 4.18. The van der Waals surface area contributed by atoms with Crippen LogP contribution in [0.5, 0.6) is 5.75 Å². The first-order valence-electron chi connectivity index (χ1n) is 5.00. The van der Waals surface area contributed by atoms with Gasteiger partial charge < -0.3 is 16.2 Å². The maximum absolute atomic E-state index is 6.06. The van der Waals surface area contributed by atoms with Crippen LogP contribution in [-0.4, -0.2) is 11.9 Å². The van der Waals surface area contributed by atoms with Crippen molar-refractivity contribution in [3.8, 4) is 5.75 Å². The van der Waals surface area contributed by atoms with Gasteiger partial charge in [-0.25, -0.2) is 0 Å². The number of fused-ring (bicyclic) bond motifs is 1. The van der Waals surface area contributed by atoms with Gasteiger partial charge in [0.2, 0.25) is 0 Å². The molecule has 1 aliphatic heterocycles. The highest BCUT2D eigenvalue weighted by Gasteiger charge is 2.24. The van der Waals surface area contributed by atoms with E-state index >= 15 is 0 Å². The second kappa shape index (κ2) is 3.52. The Morgan fingerprint density at radius 2 is 1.80 bits per heavy atom. The first-order valence-corrected chi connectivity index (χ1v) is 5.98. The van der Waals surface area contributed by atoms with Crippen molar-refractivity contribution in [2.24, 2.45) is 0 Å². The SMILES string of the molecule is Cc1c(C)c(N)c2c(c1N)OC(C)CS2. The number of rotatable bonds is 0. The van der Waals surface area contributed by atoms with E-state index < -0.39 is 0 Å². The topological polar surface area (TPSA) is 61.3 Å². The van der Waals surface area contributed by atoms with Crippen LogP contribution in [0.3, 0.4) is 0 Å². The van der Waals surface area contributed by atoms with Gasteiger partial charge in [-0.3, -0.25) is 0 Å². The molecule has 0 fully saturated rings. The minimum Gasteiger partial charge on any atom is -0.486 e. The van der Waals surface area contributed by atoms with E-state index in [1.165, 1.54) is 0 Å². The number of ether oxygens (including phenoxy) is 1. The summed E-state index contributed by atoms with van der Waals surface area (Å²) in [4.78, 5) is 1.01. The summed E-state index contributed by atoms with van der Waals surface area (Å²) in [6.45, 7) is 6.02. The number of nitrogens with two attached hydrogens (primary N) is 2. The van der Waals surface area contributed by atoms with Crippen LogP contribution in [-0.2, 0) is 0 Å². The van der Waals surface area contributed by atoms with Gasteiger partial charge in [-0.15, -0.1) is 11.8 Å². The second-order valence-electron chi connectivity index (χ2n) is 3.98. The highest BCUT2D eigenvalue weighted by Crippen LogP contribution is 2.46. The molecule has 15 heavy (non-hydrogen) atoms. The van der Waals surface area contributed by atoms with Crippen molar-refractivity contribution in [2.75, 3.05) is 17.2 Å². The van der Waals surface area contributed by atoms with Crippen LogP contribution in [0.1, 0.15) is 18.1 Å². The number of anilines is 2. The molecule has 3 nitrogen and oxygen atoms in total. The Balaban J connectivity index is 2.65. The summed E-state index contributed by atoms with van der Waals surface area (Å²) < 4.78 is 5.75. The van der Waals surface area contributed by atoms with Crippen molar-refractivity contribution in [1.82, 2.24) is 0 Å². The molecular formula is C11H16N2OS. The molecule has 1 aliphatic rings. The lowest BCUT2D eigenvalue weighted by atomic mass is 10.1. The van der Waals surface area contributed by atoms with Gasteiger partial charge >= 0.3 is 0 Å². The number of hydrogen-bond donors (Lipinski definition) is 2. The maximum atomic E-state index is 6.06. The number of benzene rings is 1. The normalized spacial score (nSPS) is 19.5. The van der Waals surface area contributed by atoms with Crippen molar-refractivity contribution >= 4 is 23.1 Å². The Kier molecular flexibility index (Phi) is 2.46. The highest BCUT2D eigenvalue weighted by molar-refractivity contribution is 7.99. The lowest BCUT2D eigenvalue weighted by molar-refractivity contribution is 0.237. The molecule has 1 aromatic rings. The molecule has 1 heterocycles. The quantitative estimate of drug-likeness (QED) is 0.664. The van der Waals surface area contributed by atoms with Crippen molar-refractivity contribution in [1.29, 1.82) is 0 Å². The molecule has 1 aromatic carbocycles. The van der Waals surface area contributed by atoms with Crippen LogP contribution in [0.25, 0.3) is 0 Å². The lowest BCUT2D eigenvalue weighted by Gasteiger charge is -2.27. The van der Waals surface area contributed by atoms with Crippen molar-refractivity contribution < 1.29 is 4.74 Å². The molecule has 1 unspecified atom stereocenters. The van der Waals surface area contributed by atoms with Crippen LogP contribution in [0.15, 0.2) is 4.90 Å². The standard InChI is InChI=1S/C11H16N2OS/c1-5-4-15-11-9(13)7(3)6(2)8(12)10(11)14-5/h5H,4,12-13H2,1-3H3. The molecule has 0 spiro atoms. The first kappa shape index (κ1) is 10.5. The summed E-state index contributed by atoms with van der Waals surface area (Å²) in [6.07, 6.45) is 0.200. The molecule has 1 atom stereocenters. The Morgan fingerprint density at radius 1 is 1.20 bits per heavy atom. The van der Waals surface area contributed by atoms with Crippen molar-refractivity contribution in [3.05, 3.63) is 11.1 Å². The van der Waals surface area contributed by atoms with Gasteiger partial charge in [0.25, 0.3) is 0 Å². The van der Waals surface area contributed by atoms with Crippen molar-refractivity contribution in [2.45, 2.75) is 31.8 Å². The van der Waals surface area contributed by atoms with Gasteiger partial charge in [-0.2, -0.15) is 0 Å². The average molecular weight is 224 g/mol. The third-order valence-electron chi connectivity index (χ3n) is 2.85. The molecule has 0 aliphatic carbocycles. The molecule has 4 N–H and O–H groups in total. The predicted octanol–water partition coefficient (Wildman–Crippen LogP) is 2.34. The smallest absolute Gasteiger partial charge is 0.158 e. The summed E-state index contributed by atoms with van der Waals surface area (Å²) in [5.41, 5.74) is 15.7. The van der Waals surface area contributed by atoms with E-state index in [9.17, 15) is 0 Å². The van der Waals surface area contributed by atoms with E-state index in [0.29, 0.717) is 0 Å². The molecule has 0 saturated heterocycles. The Hall–Kier alpha value is -1.03. The molecule has 0 saturated carbocycles. The molecular weight excluding hydrogens is 208 g/mol. The van der Waals surface area contributed by atoms with E-state index in [4.69, 9.17) is 16.2 Å². The first-order chi connectivity index (χ1) is 7.02. The number of thioether (sulfide) groups is 1. The van der Waals surface area contributed by atoms with Crippen LogP contribution < -0.4 is 16.2 Å². The molecule has 2 rings (SSSR count). The number of nitrogen functional groups attached to an aromatic ring is 2. The van der Waals surface area contributed by atoms with Crippen molar-refractivity contribution in [3.63, 3.8) is 0 Å². The number of hydrogen-bond acceptors (Lipinski definition) is 4. The molecule has 0 radical (unpaired) electrons. The van der Waals surface area contributed by atoms with Crippen LogP contribution in [0, 0.1) is 13.8 Å².